The molecule has 0 radical (unpaired) electrons. The summed E-state index contributed by atoms with van der Waals surface area (Å²) < 4.78 is 4.92. The first kappa shape index (κ1) is 12.2. The van der Waals surface area contributed by atoms with Crippen molar-refractivity contribution < 1.29 is 4.74 Å². The van der Waals surface area contributed by atoms with Crippen molar-refractivity contribution in [2.45, 2.75) is 0 Å². The predicted molar refractivity (Wildman–Crippen MR) is 65.2 cm³/mol. The van der Waals surface area contributed by atoms with Crippen molar-refractivity contribution in [3.63, 3.8) is 0 Å². The zero-order valence-electron chi connectivity index (χ0n) is 8.87. The van der Waals surface area contributed by atoms with Crippen LogP contribution in [0.3, 0.4) is 0 Å². The molecule has 0 aliphatic heterocycles. The van der Waals surface area contributed by atoms with Gasteiger partial charge < -0.3 is 10.1 Å². The third kappa shape index (κ3) is 5.57. The molecule has 15 heavy (non-hydrogen) atoms. The van der Waals surface area contributed by atoms with Gasteiger partial charge >= 0.3 is 0 Å². The Balaban J connectivity index is 2.23. The van der Waals surface area contributed by atoms with E-state index in [1.54, 1.807) is 7.11 Å². The van der Waals surface area contributed by atoms with E-state index in [1.165, 1.54) is 0 Å². The maximum atomic E-state index is 5.78. The van der Waals surface area contributed by atoms with Crippen LogP contribution in [-0.4, -0.2) is 26.8 Å². The van der Waals surface area contributed by atoms with Crippen LogP contribution < -0.4 is 5.32 Å². The molecule has 3 heteroatoms. The predicted octanol–water partition coefficient (Wildman–Crippen LogP) is 2.59. The van der Waals surface area contributed by atoms with Gasteiger partial charge in [-0.3, -0.25) is 0 Å². The van der Waals surface area contributed by atoms with E-state index in [1.807, 2.05) is 24.3 Å². The molecule has 0 saturated carbocycles. The highest BCUT2D eigenvalue weighted by Crippen LogP contribution is 2.10. The molecule has 0 bridgehead atoms. The first-order valence-corrected chi connectivity index (χ1v) is 5.32. The Bertz CT molecular complexity index is 295. The summed E-state index contributed by atoms with van der Waals surface area (Å²) in [7, 11) is 1.70. The molecule has 0 amide bonds. The monoisotopic (exact) mass is 225 g/mol. The number of nitrogens with one attached hydrogen (secondary N) is 1. The Kier molecular flexibility index (Phi) is 6.09. The molecule has 2 nitrogen and oxygen atoms in total. The average molecular weight is 226 g/mol. The molecular weight excluding hydrogens is 210 g/mol. The van der Waals surface area contributed by atoms with E-state index >= 15 is 0 Å². The molecule has 1 aromatic rings. The molecule has 82 valence electrons. The van der Waals surface area contributed by atoms with Gasteiger partial charge in [0.15, 0.2) is 0 Å². The normalized spacial score (nSPS) is 11.1. The van der Waals surface area contributed by atoms with E-state index in [-0.39, 0.29) is 0 Å². The van der Waals surface area contributed by atoms with Crippen LogP contribution in [0, 0.1) is 0 Å². The van der Waals surface area contributed by atoms with Crippen LogP contribution in [0.1, 0.15) is 5.56 Å². The lowest BCUT2D eigenvalue weighted by Gasteiger charge is -1.99. The fourth-order valence-corrected chi connectivity index (χ4v) is 1.25. The van der Waals surface area contributed by atoms with Crippen LogP contribution in [0.5, 0.6) is 0 Å². The Morgan fingerprint density at radius 2 is 2.07 bits per heavy atom. The highest BCUT2D eigenvalue weighted by molar-refractivity contribution is 6.30. The molecular formula is C12H16ClNO. The summed E-state index contributed by atoms with van der Waals surface area (Å²) in [5.74, 6) is 0. The van der Waals surface area contributed by atoms with Gasteiger partial charge in [0.05, 0.1) is 6.61 Å². The van der Waals surface area contributed by atoms with Crippen LogP contribution in [0.2, 0.25) is 5.02 Å². The number of rotatable bonds is 6. The Hall–Kier alpha value is -0.830. The van der Waals surface area contributed by atoms with Crippen molar-refractivity contribution in [1.82, 2.24) is 5.32 Å². The topological polar surface area (TPSA) is 21.3 Å². The minimum absolute atomic E-state index is 0.745. The maximum absolute atomic E-state index is 5.78. The zero-order valence-corrected chi connectivity index (χ0v) is 9.63. The fraction of sp³-hybridized carbons (Fsp3) is 0.333. The molecule has 0 aliphatic carbocycles. The lowest BCUT2D eigenvalue weighted by atomic mass is 10.2. The van der Waals surface area contributed by atoms with E-state index in [0.29, 0.717) is 0 Å². The summed E-state index contributed by atoms with van der Waals surface area (Å²) in [4.78, 5) is 0. The highest BCUT2D eigenvalue weighted by atomic mass is 35.5. The van der Waals surface area contributed by atoms with E-state index in [9.17, 15) is 0 Å². The summed E-state index contributed by atoms with van der Waals surface area (Å²) in [5, 5.41) is 4.00. The number of halogens is 1. The van der Waals surface area contributed by atoms with E-state index in [0.717, 1.165) is 30.3 Å². The van der Waals surface area contributed by atoms with Gasteiger partial charge in [-0.15, -0.1) is 0 Å². The van der Waals surface area contributed by atoms with Gasteiger partial charge in [0.1, 0.15) is 0 Å². The van der Waals surface area contributed by atoms with Crippen LogP contribution in [0.25, 0.3) is 6.08 Å². The summed E-state index contributed by atoms with van der Waals surface area (Å²) in [5.41, 5.74) is 1.16. The molecule has 0 aliphatic rings. The quantitative estimate of drug-likeness (QED) is 0.752. The molecule has 0 spiro atoms. The van der Waals surface area contributed by atoms with Gasteiger partial charge in [-0.1, -0.05) is 35.9 Å². The Morgan fingerprint density at radius 3 is 2.73 bits per heavy atom. The molecule has 1 N–H and O–H groups in total. The Morgan fingerprint density at radius 1 is 1.33 bits per heavy atom. The van der Waals surface area contributed by atoms with Crippen molar-refractivity contribution >= 4 is 17.7 Å². The molecule has 0 heterocycles. The summed E-state index contributed by atoms with van der Waals surface area (Å²) in [6.07, 6.45) is 4.15. The summed E-state index contributed by atoms with van der Waals surface area (Å²) in [6.45, 7) is 2.47. The van der Waals surface area contributed by atoms with Crippen LogP contribution in [0.15, 0.2) is 30.3 Å². The van der Waals surface area contributed by atoms with Gasteiger partial charge in [-0.25, -0.2) is 0 Å². The van der Waals surface area contributed by atoms with Gasteiger partial charge in [0.2, 0.25) is 0 Å². The van der Waals surface area contributed by atoms with Crippen LogP contribution >= 0.6 is 11.6 Å². The molecule has 0 saturated heterocycles. The number of methoxy groups -OCH3 is 1. The van der Waals surface area contributed by atoms with Gasteiger partial charge in [0, 0.05) is 25.2 Å². The molecule has 1 rings (SSSR count). The van der Waals surface area contributed by atoms with Gasteiger partial charge in [0.25, 0.3) is 0 Å². The number of benzene rings is 1. The smallest absolute Gasteiger partial charge is 0.0587 e. The van der Waals surface area contributed by atoms with Crippen molar-refractivity contribution in [3.8, 4) is 0 Å². The maximum Gasteiger partial charge on any atom is 0.0587 e. The van der Waals surface area contributed by atoms with Crippen molar-refractivity contribution in [1.29, 1.82) is 0 Å². The fourth-order valence-electron chi connectivity index (χ4n) is 1.13. The van der Waals surface area contributed by atoms with Gasteiger partial charge in [-0.2, -0.15) is 0 Å². The first-order chi connectivity index (χ1) is 7.33. The second kappa shape index (κ2) is 7.46. The van der Waals surface area contributed by atoms with Crippen molar-refractivity contribution in [2.24, 2.45) is 0 Å². The number of hydrogen-bond donors (Lipinski definition) is 1. The van der Waals surface area contributed by atoms with Gasteiger partial charge in [-0.05, 0) is 17.7 Å². The van der Waals surface area contributed by atoms with E-state index in [2.05, 4.69) is 17.5 Å². The SMILES string of the molecule is COCCNCC=Cc1ccc(Cl)cc1. The summed E-state index contributed by atoms with van der Waals surface area (Å²) >= 11 is 5.78. The number of hydrogen-bond acceptors (Lipinski definition) is 2. The molecule has 0 atom stereocenters. The standard InChI is InChI=1S/C12H16ClNO/c1-15-10-9-14-8-2-3-11-4-6-12(13)7-5-11/h2-7,14H,8-10H2,1H3. The summed E-state index contributed by atoms with van der Waals surface area (Å²) in [6, 6.07) is 7.77. The third-order valence-corrected chi connectivity index (χ3v) is 2.18. The van der Waals surface area contributed by atoms with E-state index in [4.69, 9.17) is 16.3 Å². The average Bonchev–Trinajstić information content (AvgIpc) is 2.26. The zero-order chi connectivity index (χ0) is 10.9. The molecule has 1 aromatic carbocycles. The molecule has 0 aromatic heterocycles. The van der Waals surface area contributed by atoms with Crippen molar-refractivity contribution in [2.75, 3.05) is 26.8 Å². The second-order valence-corrected chi connectivity index (χ2v) is 3.59. The minimum Gasteiger partial charge on any atom is -0.383 e. The largest absolute Gasteiger partial charge is 0.383 e. The third-order valence-electron chi connectivity index (χ3n) is 1.93. The lowest BCUT2D eigenvalue weighted by molar-refractivity contribution is 0.200. The van der Waals surface area contributed by atoms with E-state index < -0.39 is 0 Å². The van der Waals surface area contributed by atoms with Crippen LogP contribution in [0.4, 0.5) is 0 Å². The molecule has 0 fully saturated rings. The minimum atomic E-state index is 0.745. The van der Waals surface area contributed by atoms with Crippen LogP contribution in [-0.2, 0) is 4.74 Å². The lowest BCUT2D eigenvalue weighted by Crippen LogP contribution is -2.18. The van der Waals surface area contributed by atoms with Crippen molar-refractivity contribution in [3.05, 3.63) is 40.9 Å². The first-order valence-electron chi connectivity index (χ1n) is 4.94. The Labute approximate surface area is 95.9 Å². The second-order valence-electron chi connectivity index (χ2n) is 3.15. The molecule has 0 unspecified atom stereocenters. The number of ether oxygens (including phenoxy) is 1. The highest BCUT2D eigenvalue weighted by Gasteiger charge is 1.87.